The van der Waals surface area contributed by atoms with Gasteiger partial charge in [-0.2, -0.15) is 0 Å². The second kappa shape index (κ2) is 9.43. The standard InChI is InChI=1S/C27H28N2O4S/c1-16-21(25(30)32-4)22(24-29-17(2)23(34-24)19-12-8-6-9-13-19)27(18(3)28-16,26(31)33-5)20-14-10-7-11-15-20/h6-15,18,22,28H,1-5H3. The summed E-state index contributed by atoms with van der Waals surface area (Å²) in [5.74, 6) is -1.64. The third kappa shape index (κ3) is 3.70. The molecule has 6 nitrogen and oxygen atoms in total. The van der Waals surface area contributed by atoms with Crippen LogP contribution in [0, 0.1) is 6.92 Å². The first-order valence-electron chi connectivity index (χ1n) is 11.1. The largest absolute Gasteiger partial charge is 0.468 e. The smallest absolute Gasteiger partial charge is 0.336 e. The van der Waals surface area contributed by atoms with Crippen LogP contribution >= 0.6 is 11.3 Å². The number of thiazole rings is 1. The topological polar surface area (TPSA) is 77.5 Å². The molecule has 0 radical (unpaired) electrons. The van der Waals surface area contributed by atoms with Gasteiger partial charge in [-0.05, 0) is 31.9 Å². The van der Waals surface area contributed by atoms with E-state index in [1.54, 1.807) is 0 Å². The van der Waals surface area contributed by atoms with E-state index in [1.807, 2.05) is 81.4 Å². The fourth-order valence-corrected chi connectivity index (χ4v) is 6.28. The molecule has 0 aliphatic carbocycles. The summed E-state index contributed by atoms with van der Waals surface area (Å²) < 4.78 is 10.6. The fourth-order valence-electron chi connectivity index (χ4n) is 5.02. The zero-order valence-corrected chi connectivity index (χ0v) is 20.7. The number of allylic oxidation sites excluding steroid dienone is 1. The van der Waals surface area contributed by atoms with E-state index in [-0.39, 0.29) is 6.04 Å². The van der Waals surface area contributed by atoms with Crippen LogP contribution in [0.5, 0.6) is 0 Å². The van der Waals surface area contributed by atoms with Gasteiger partial charge in [0.05, 0.1) is 36.3 Å². The van der Waals surface area contributed by atoms with E-state index in [0.717, 1.165) is 21.7 Å². The van der Waals surface area contributed by atoms with Crippen molar-refractivity contribution in [2.24, 2.45) is 0 Å². The van der Waals surface area contributed by atoms with Crippen molar-refractivity contribution in [2.45, 2.75) is 38.1 Å². The summed E-state index contributed by atoms with van der Waals surface area (Å²) in [5, 5.41) is 4.02. The summed E-state index contributed by atoms with van der Waals surface area (Å²) in [6.07, 6.45) is 0. The molecule has 0 saturated carbocycles. The van der Waals surface area contributed by atoms with Gasteiger partial charge in [0, 0.05) is 11.7 Å². The van der Waals surface area contributed by atoms with Gasteiger partial charge in [-0.25, -0.2) is 9.78 Å². The lowest BCUT2D eigenvalue weighted by Crippen LogP contribution is -2.60. The molecule has 3 atom stereocenters. The molecule has 0 bridgehead atoms. The molecular weight excluding hydrogens is 448 g/mol. The lowest BCUT2D eigenvalue weighted by Gasteiger charge is -2.47. The minimum Gasteiger partial charge on any atom is -0.468 e. The number of aromatic nitrogens is 1. The molecule has 0 spiro atoms. The molecule has 1 aliphatic rings. The van der Waals surface area contributed by atoms with Crippen molar-refractivity contribution >= 4 is 23.3 Å². The van der Waals surface area contributed by atoms with Gasteiger partial charge in [-0.15, -0.1) is 11.3 Å². The second-order valence-electron chi connectivity index (χ2n) is 8.39. The molecule has 3 unspecified atom stereocenters. The number of benzene rings is 2. The highest BCUT2D eigenvalue weighted by molar-refractivity contribution is 7.15. The first-order valence-corrected chi connectivity index (χ1v) is 11.9. The number of nitrogens with zero attached hydrogens (tertiary/aromatic N) is 1. The Morgan fingerprint density at radius 2 is 1.59 bits per heavy atom. The Balaban J connectivity index is 2.05. The molecule has 0 saturated heterocycles. The Morgan fingerprint density at radius 1 is 0.971 bits per heavy atom. The van der Waals surface area contributed by atoms with Gasteiger partial charge in [0.15, 0.2) is 0 Å². The molecule has 2 heterocycles. The van der Waals surface area contributed by atoms with E-state index < -0.39 is 23.3 Å². The summed E-state index contributed by atoms with van der Waals surface area (Å²) in [5.41, 5.74) is 2.42. The summed E-state index contributed by atoms with van der Waals surface area (Å²) in [7, 11) is 2.73. The number of hydrogen-bond acceptors (Lipinski definition) is 7. The molecule has 176 valence electrons. The molecule has 1 aromatic heterocycles. The van der Waals surface area contributed by atoms with Crippen LogP contribution in [0.15, 0.2) is 71.9 Å². The number of carbonyl (C=O) groups excluding carboxylic acids is 2. The number of aryl methyl sites for hydroxylation is 1. The number of esters is 2. The number of carbonyl (C=O) groups is 2. The van der Waals surface area contributed by atoms with Gasteiger partial charge in [-0.3, -0.25) is 4.79 Å². The molecular formula is C27H28N2O4S. The number of nitrogens with one attached hydrogen (secondary N) is 1. The Kier molecular flexibility index (Phi) is 6.57. The second-order valence-corrected chi connectivity index (χ2v) is 9.42. The van der Waals surface area contributed by atoms with Crippen LogP contribution in [-0.2, 0) is 24.5 Å². The van der Waals surface area contributed by atoms with Crippen molar-refractivity contribution in [3.05, 3.63) is 88.2 Å². The highest BCUT2D eigenvalue weighted by Crippen LogP contribution is 2.52. The van der Waals surface area contributed by atoms with Crippen LogP contribution in [0.1, 0.15) is 36.0 Å². The molecule has 0 fully saturated rings. The van der Waals surface area contributed by atoms with Crippen molar-refractivity contribution in [1.29, 1.82) is 0 Å². The number of methoxy groups -OCH3 is 2. The SMILES string of the molecule is COC(=O)C1=C(C)NC(C)C(C(=O)OC)(c2ccccc2)C1c1nc(C)c(-c2ccccc2)s1. The predicted octanol–water partition coefficient (Wildman–Crippen LogP) is 4.75. The maximum atomic E-state index is 13.7. The molecule has 1 N–H and O–H groups in total. The van der Waals surface area contributed by atoms with E-state index in [1.165, 1.54) is 25.6 Å². The lowest BCUT2D eigenvalue weighted by molar-refractivity contribution is -0.150. The zero-order valence-electron chi connectivity index (χ0n) is 19.9. The average Bonchev–Trinajstić information content (AvgIpc) is 3.25. The lowest BCUT2D eigenvalue weighted by atomic mass is 9.61. The van der Waals surface area contributed by atoms with Crippen molar-refractivity contribution in [3.63, 3.8) is 0 Å². The number of hydrogen-bond donors (Lipinski definition) is 1. The molecule has 1 aliphatic heterocycles. The monoisotopic (exact) mass is 476 g/mol. The highest BCUT2D eigenvalue weighted by atomic mass is 32.1. The van der Waals surface area contributed by atoms with Crippen molar-refractivity contribution < 1.29 is 19.1 Å². The van der Waals surface area contributed by atoms with Crippen LogP contribution in [0.3, 0.4) is 0 Å². The maximum Gasteiger partial charge on any atom is 0.336 e. The minimum absolute atomic E-state index is 0.378. The molecule has 7 heteroatoms. The summed E-state index contributed by atoms with van der Waals surface area (Å²) in [6, 6.07) is 19.1. The number of rotatable bonds is 5. The Bertz CT molecular complexity index is 1240. The van der Waals surface area contributed by atoms with E-state index in [4.69, 9.17) is 14.5 Å². The van der Waals surface area contributed by atoms with Crippen LogP contribution < -0.4 is 5.32 Å². The summed E-state index contributed by atoms with van der Waals surface area (Å²) in [4.78, 5) is 32.8. The quantitative estimate of drug-likeness (QED) is 0.536. The van der Waals surface area contributed by atoms with Gasteiger partial charge >= 0.3 is 11.9 Å². The van der Waals surface area contributed by atoms with Crippen molar-refractivity contribution in [1.82, 2.24) is 10.3 Å². The molecule has 2 aromatic carbocycles. The number of ether oxygens (including phenoxy) is 2. The molecule has 0 amide bonds. The van der Waals surface area contributed by atoms with Crippen LogP contribution in [-0.4, -0.2) is 37.2 Å². The first kappa shape index (κ1) is 23.7. The van der Waals surface area contributed by atoms with E-state index >= 15 is 0 Å². The van der Waals surface area contributed by atoms with Gasteiger partial charge < -0.3 is 14.8 Å². The Labute approximate surface area is 203 Å². The van der Waals surface area contributed by atoms with Gasteiger partial charge in [-0.1, -0.05) is 60.7 Å². The Hall–Kier alpha value is -3.45. The van der Waals surface area contributed by atoms with E-state index in [2.05, 4.69) is 5.32 Å². The molecule has 4 rings (SSSR count). The summed E-state index contributed by atoms with van der Waals surface area (Å²) >= 11 is 1.49. The zero-order chi connectivity index (χ0) is 24.5. The van der Waals surface area contributed by atoms with Gasteiger partial charge in [0.25, 0.3) is 0 Å². The highest BCUT2D eigenvalue weighted by Gasteiger charge is 2.59. The average molecular weight is 477 g/mol. The fraction of sp³-hybridized carbons (Fsp3) is 0.296. The minimum atomic E-state index is -1.24. The normalized spacial score (nSPS) is 22.1. The van der Waals surface area contributed by atoms with E-state index in [0.29, 0.717) is 16.3 Å². The summed E-state index contributed by atoms with van der Waals surface area (Å²) in [6.45, 7) is 5.72. The van der Waals surface area contributed by atoms with Crippen molar-refractivity contribution in [3.8, 4) is 10.4 Å². The third-order valence-electron chi connectivity index (χ3n) is 6.54. The Morgan fingerprint density at radius 3 is 2.18 bits per heavy atom. The van der Waals surface area contributed by atoms with Gasteiger partial charge in [0.1, 0.15) is 10.4 Å². The van der Waals surface area contributed by atoms with Gasteiger partial charge in [0.2, 0.25) is 0 Å². The van der Waals surface area contributed by atoms with E-state index in [9.17, 15) is 9.59 Å². The van der Waals surface area contributed by atoms with Crippen LogP contribution in [0.2, 0.25) is 0 Å². The molecule has 3 aromatic rings. The first-order chi connectivity index (χ1) is 16.4. The van der Waals surface area contributed by atoms with Crippen LogP contribution in [0.25, 0.3) is 10.4 Å². The maximum absolute atomic E-state index is 13.7. The van der Waals surface area contributed by atoms with Crippen molar-refractivity contribution in [2.75, 3.05) is 14.2 Å². The molecule has 34 heavy (non-hydrogen) atoms. The van der Waals surface area contributed by atoms with Crippen LogP contribution in [0.4, 0.5) is 0 Å². The predicted molar refractivity (Wildman–Crippen MR) is 132 cm³/mol. The third-order valence-corrected chi connectivity index (χ3v) is 7.81.